The van der Waals surface area contributed by atoms with Crippen molar-refractivity contribution in [2.45, 2.75) is 0 Å². The van der Waals surface area contributed by atoms with Gasteiger partial charge in [-0.2, -0.15) is 0 Å². The van der Waals surface area contributed by atoms with Crippen LogP contribution in [0.5, 0.6) is 0 Å². The lowest BCUT2D eigenvalue weighted by atomic mass is 10.2. The minimum Gasteiger partial charge on any atom is -0.359 e. The summed E-state index contributed by atoms with van der Waals surface area (Å²) in [5.74, 6) is 0. The van der Waals surface area contributed by atoms with Crippen molar-refractivity contribution < 1.29 is 14.4 Å². The number of hydrogen-bond acceptors (Lipinski definition) is 5. The van der Waals surface area contributed by atoms with Crippen LogP contribution in [0.25, 0.3) is 0 Å². The van der Waals surface area contributed by atoms with E-state index in [0.29, 0.717) is 6.73 Å². The highest BCUT2D eigenvalue weighted by Gasteiger charge is 2.11. The average Bonchev–Trinajstić information content (AvgIpc) is 2.93. The van der Waals surface area contributed by atoms with Gasteiger partial charge in [0, 0.05) is 26.3 Å². The number of amides is 1. The maximum atomic E-state index is 11.1. The molecular formula is C13H17N3O3. The number of anilines is 1. The normalized spacial score (nSPS) is 14.9. The molecule has 6 nitrogen and oxygen atoms in total. The van der Waals surface area contributed by atoms with Crippen LogP contribution in [0.3, 0.4) is 0 Å². The highest BCUT2D eigenvalue weighted by molar-refractivity contribution is 5.80. The molecule has 0 aliphatic carbocycles. The number of nitrogens with zero attached hydrogens (tertiary/aromatic N) is 3. The quantitative estimate of drug-likeness (QED) is 0.471. The number of hydrogen-bond donors (Lipinski definition) is 0. The first-order chi connectivity index (χ1) is 9.16. The van der Waals surface area contributed by atoms with Gasteiger partial charge in [-0.05, 0) is 17.7 Å². The molecule has 2 rings (SSSR count). The Balaban J connectivity index is 1.91. The zero-order chi connectivity index (χ0) is 13.7. The Hall–Kier alpha value is -2.08. The van der Waals surface area contributed by atoms with E-state index in [-0.39, 0.29) is 0 Å². The molecular weight excluding hydrogens is 246 g/mol. The minimum atomic E-state index is -0.498. The molecule has 0 radical (unpaired) electrons. The van der Waals surface area contributed by atoms with Crippen LogP contribution in [-0.2, 0) is 9.57 Å². The molecule has 1 saturated heterocycles. The summed E-state index contributed by atoms with van der Waals surface area (Å²) in [6.07, 6.45) is 1.01. The fourth-order valence-corrected chi connectivity index (χ4v) is 1.60. The monoisotopic (exact) mass is 263 g/mol. The van der Waals surface area contributed by atoms with Crippen molar-refractivity contribution >= 4 is 18.0 Å². The molecule has 0 N–H and O–H groups in total. The van der Waals surface area contributed by atoms with Crippen molar-refractivity contribution in [3.63, 3.8) is 0 Å². The number of benzene rings is 1. The van der Waals surface area contributed by atoms with Gasteiger partial charge in [0.25, 0.3) is 0 Å². The van der Waals surface area contributed by atoms with Crippen LogP contribution < -0.4 is 4.90 Å². The first-order valence-electron chi connectivity index (χ1n) is 6.01. The number of rotatable bonds is 3. The number of ether oxygens (including phenoxy) is 1. The zero-order valence-corrected chi connectivity index (χ0v) is 11.1. The summed E-state index contributed by atoms with van der Waals surface area (Å²) in [5.41, 5.74) is 1.98. The van der Waals surface area contributed by atoms with E-state index in [9.17, 15) is 4.79 Å². The van der Waals surface area contributed by atoms with Gasteiger partial charge in [0.05, 0.1) is 12.8 Å². The molecule has 0 atom stereocenters. The highest BCUT2D eigenvalue weighted by Crippen LogP contribution is 2.16. The molecule has 1 amide bonds. The first kappa shape index (κ1) is 13.4. The maximum Gasteiger partial charge on any atom is 0.435 e. The minimum absolute atomic E-state index is 0.498. The predicted molar refractivity (Wildman–Crippen MR) is 72.4 cm³/mol. The molecule has 19 heavy (non-hydrogen) atoms. The van der Waals surface area contributed by atoms with Crippen LogP contribution in [0.2, 0.25) is 0 Å². The zero-order valence-electron chi connectivity index (χ0n) is 11.1. The van der Waals surface area contributed by atoms with Crippen molar-refractivity contribution in [2.24, 2.45) is 5.16 Å². The fraction of sp³-hybridized carbons (Fsp3) is 0.385. The molecule has 102 valence electrons. The van der Waals surface area contributed by atoms with Crippen LogP contribution in [0.1, 0.15) is 5.56 Å². The van der Waals surface area contributed by atoms with E-state index in [1.54, 1.807) is 14.1 Å². The topological polar surface area (TPSA) is 54.4 Å². The van der Waals surface area contributed by atoms with Gasteiger partial charge in [0.15, 0.2) is 0 Å². The molecule has 1 aliphatic rings. The summed E-state index contributed by atoms with van der Waals surface area (Å²) < 4.78 is 5.29. The Morgan fingerprint density at radius 2 is 2.16 bits per heavy atom. The Morgan fingerprint density at radius 1 is 1.42 bits per heavy atom. The highest BCUT2D eigenvalue weighted by atomic mass is 16.7. The molecule has 1 aliphatic heterocycles. The van der Waals surface area contributed by atoms with Gasteiger partial charge in [-0.15, -0.1) is 0 Å². The molecule has 1 heterocycles. The second-order valence-corrected chi connectivity index (χ2v) is 4.38. The second kappa shape index (κ2) is 6.19. The van der Waals surface area contributed by atoms with Gasteiger partial charge in [0.2, 0.25) is 0 Å². The summed E-state index contributed by atoms with van der Waals surface area (Å²) in [7, 11) is 3.20. The molecule has 1 fully saturated rings. The van der Waals surface area contributed by atoms with Crippen LogP contribution in [0, 0.1) is 0 Å². The van der Waals surface area contributed by atoms with Crippen LogP contribution in [-0.4, -0.2) is 51.2 Å². The third-order valence-corrected chi connectivity index (χ3v) is 2.71. The van der Waals surface area contributed by atoms with Crippen molar-refractivity contribution in [3.8, 4) is 0 Å². The third-order valence-electron chi connectivity index (χ3n) is 2.71. The van der Waals surface area contributed by atoms with Crippen molar-refractivity contribution in [1.82, 2.24) is 4.90 Å². The number of carbonyl (C=O) groups is 1. The van der Waals surface area contributed by atoms with Gasteiger partial charge in [-0.1, -0.05) is 17.3 Å². The van der Waals surface area contributed by atoms with Gasteiger partial charge >= 0.3 is 6.09 Å². The molecule has 1 aromatic carbocycles. The van der Waals surface area contributed by atoms with Crippen LogP contribution >= 0.6 is 0 Å². The van der Waals surface area contributed by atoms with E-state index < -0.39 is 6.09 Å². The SMILES string of the molecule is CN(C)C(=O)ON=Cc1ccc(N2CCOC2)cc1. The molecule has 0 bridgehead atoms. The molecule has 0 aromatic heterocycles. The van der Waals surface area contributed by atoms with Crippen molar-refractivity contribution in [1.29, 1.82) is 0 Å². The molecule has 0 unspecified atom stereocenters. The lowest BCUT2D eigenvalue weighted by Gasteiger charge is -2.15. The predicted octanol–water partition coefficient (Wildman–Crippen LogP) is 1.51. The Labute approximate surface area is 112 Å². The van der Waals surface area contributed by atoms with Gasteiger partial charge in [0.1, 0.15) is 6.73 Å². The summed E-state index contributed by atoms with van der Waals surface area (Å²) in [6.45, 7) is 2.31. The smallest absolute Gasteiger partial charge is 0.359 e. The molecule has 1 aromatic rings. The molecule has 6 heteroatoms. The Bertz CT molecular complexity index is 451. The Morgan fingerprint density at radius 3 is 2.74 bits per heavy atom. The fourth-order valence-electron chi connectivity index (χ4n) is 1.60. The van der Waals surface area contributed by atoms with Gasteiger partial charge in [-0.3, -0.25) is 4.84 Å². The van der Waals surface area contributed by atoms with E-state index in [4.69, 9.17) is 4.74 Å². The van der Waals surface area contributed by atoms with E-state index in [0.717, 1.165) is 24.4 Å². The van der Waals surface area contributed by atoms with E-state index in [2.05, 4.69) is 14.9 Å². The standard InChI is InChI=1S/C13H17N3O3/c1-15(2)13(17)19-14-9-11-3-5-12(6-4-11)16-7-8-18-10-16/h3-6,9H,7-8,10H2,1-2H3. The summed E-state index contributed by atoms with van der Waals surface area (Å²) in [5, 5.41) is 3.64. The van der Waals surface area contributed by atoms with Crippen LogP contribution in [0.15, 0.2) is 29.4 Å². The first-order valence-corrected chi connectivity index (χ1v) is 6.01. The maximum absolute atomic E-state index is 11.1. The Kier molecular flexibility index (Phi) is 4.35. The second-order valence-electron chi connectivity index (χ2n) is 4.38. The van der Waals surface area contributed by atoms with Crippen molar-refractivity contribution in [3.05, 3.63) is 29.8 Å². The van der Waals surface area contributed by atoms with E-state index in [1.807, 2.05) is 24.3 Å². The third kappa shape index (κ3) is 3.69. The van der Waals surface area contributed by atoms with Gasteiger partial charge < -0.3 is 14.5 Å². The molecule has 0 spiro atoms. The average molecular weight is 263 g/mol. The van der Waals surface area contributed by atoms with Crippen LogP contribution in [0.4, 0.5) is 10.5 Å². The largest absolute Gasteiger partial charge is 0.435 e. The number of oxime groups is 1. The summed E-state index contributed by atoms with van der Waals surface area (Å²) in [6, 6.07) is 7.81. The summed E-state index contributed by atoms with van der Waals surface area (Å²) in [4.78, 5) is 19.3. The van der Waals surface area contributed by atoms with Gasteiger partial charge in [-0.25, -0.2) is 4.79 Å². The molecule has 0 saturated carbocycles. The lowest BCUT2D eigenvalue weighted by Crippen LogP contribution is -2.20. The summed E-state index contributed by atoms with van der Waals surface area (Å²) >= 11 is 0. The van der Waals surface area contributed by atoms with E-state index >= 15 is 0 Å². The van der Waals surface area contributed by atoms with E-state index in [1.165, 1.54) is 11.1 Å². The lowest BCUT2D eigenvalue weighted by molar-refractivity contribution is 0.123. The van der Waals surface area contributed by atoms with Crippen molar-refractivity contribution in [2.75, 3.05) is 38.9 Å². The number of carbonyl (C=O) groups excluding carboxylic acids is 1.